The second-order valence-electron chi connectivity index (χ2n) is 6.16. The van der Waals surface area contributed by atoms with Gasteiger partial charge in [-0.05, 0) is 0 Å². The van der Waals surface area contributed by atoms with Crippen LogP contribution >= 0.6 is 0 Å². The number of unbranched alkanes of at least 4 members (excludes halogenated alkanes) is 3. The molecule has 0 unspecified atom stereocenters. The van der Waals surface area contributed by atoms with Gasteiger partial charge in [0.2, 0.25) is 0 Å². The van der Waals surface area contributed by atoms with Crippen LogP contribution in [0.25, 0.3) is 0 Å². The fourth-order valence-corrected chi connectivity index (χ4v) is 8.14. The zero-order valence-corrected chi connectivity index (χ0v) is 16.9. The third-order valence-electron chi connectivity index (χ3n) is 4.24. The molecule has 0 amide bonds. The Morgan fingerprint density at radius 1 is 0.905 bits per heavy atom. The molecule has 0 saturated carbocycles. The number of pyridine rings is 1. The van der Waals surface area contributed by atoms with Crippen molar-refractivity contribution in [2.24, 2.45) is 0 Å². The van der Waals surface area contributed by atoms with Gasteiger partial charge in [0.05, 0.1) is 0 Å². The van der Waals surface area contributed by atoms with Crippen LogP contribution in [-0.2, 0) is 0 Å². The molecule has 0 bridgehead atoms. The third kappa shape index (κ3) is 7.03. The van der Waals surface area contributed by atoms with Gasteiger partial charge < -0.3 is 0 Å². The van der Waals surface area contributed by atoms with E-state index in [0.717, 1.165) is 4.73 Å². The van der Waals surface area contributed by atoms with Crippen molar-refractivity contribution < 1.29 is 4.73 Å². The summed E-state index contributed by atoms with van der Waals surface area (Å²) in [6.07, 6.45) is 15.6. The van der Waals surface area contributed by atoms with Crippen LogP contribution in [-0.4, -0.2) is 21.1 Å². The average Bonchev–Trinajstić information content (AvgIpc) is 2.51. The monoisotopic (exact) mass is 397 g/mol. The van der Waals surface area contributed by atoms with Crippen molar-refractivity contribution in [2.45, 2.75) is 82.0 Å². The van der Waals surface area contributed by atoms with Crippen LogP contribution in [0.4, 0.5) is 0 Å². The quantitative estimate of drug-likeness (QED) is 0.310. The molecular weight excluding hydrogens is 365 g/mol. The molecule has 1 aromatic heterocycles. The van der Waals surface area contributed by atoms with E-state index in [1.54, 1.807) is 12.4 Å². The number of hydrogen-bond acceptors (Lipinski definition) is 1. The zero-order chi connectivity index (χ0) is 15.6. The van der Waals surface area contributed by atoms with Crippen molar-refractivity contribution in [2.75, 3.05) is 0 Å². The van der Waals surface area contributed by atoms with Crippen LogP contribution in [0.2, 0.25) is 3.43 Å². The fraction of sp³-hybridized carbons (Fsp3) is 0.722. The molecule has 0 saturated heterocycles. The van der Waals surface area contributed by atoms with Crippen LogP contribution in [0.1, 0.15) is 78.6 Å². The summed E-state index contributed by atoms with van der Waals surface area (Å²) in [4.78, 5) is 0. The average molecular weight is 396 g/mol. The Kier molecular flexibility index (Phi) is 9.37. The first-order valence-electron chi connectivity index (χ1n) is 8.62. The van der Waals surface area contributed by atoms with E-state index in [2.05, 4.69) is 32.9 Å². The summed E-state index contributed by atoms with van der Waals surface area (Å²) in [5.74, 6) is 0. The summed E-state index contributed by atoms with van der Waals surface area (Å²) in [7, 11) is 0. The summed E-state index contributed by atoms with van der Waals surface area (Å²) in [5, 5.41) is 11.2. The van der Waals surface area contributed by atoms with Gasteiger partial charge in [0, 0.05) is 0 Å². The second kappa shape index (κ2) is 10.5. The van der Waals surface area contributed by atoms with E-state index in [4.69, 9.17) is 0 Å². The molecule has 2 nitrogen and oxygen atoms in total. The third-order valence-corrected chi connectivity index (χ3v) is 9.67. The normalized spacial score (nSPS) is 11.8. The molecule has 0 aliphatic rings. The predicted octanol–water partition coefficient (Wildman–Crippen LogP) is 4.38. The molecule has 21 heavy (non-hydrogen) atoms. The molecule has 1 rings (SSSR count). The maximum absolute atomic E-state index is 11.2. The molecule has 1 aromatic rings. The van der Waals surface area contributed by atoms with E-state index in [9.17, 15) is 5.21 Å². The summed E-state index contributed by atoms with van der Waals surface area (Å²) in [5.41, 5.74) is 0. The van der Waals surface area contributed by atoms with Crippen molar-refractivity contribution >= 4 is 24.7 Å². The van der Waals surface area contributed by atoms with E-state index in [-0.39, 0.29) is 0 Å². The number of aromatic nitrogens is 1. The van der Waals surface area contributed by atoms with Crippen LogP contribution in [0.3, 0.4) is 0 Å². The Labute approximate surface area is 141 Å². The first-order chi connectivity index (χ1) is 10.2. The van der Waals surface area contributed by atoms with Gasteiger partial charge in [-0.15, -0.1) is 0 Å². The minimum atomic E-state index is -0.662. The van der Waals surface area contributed by atoms with Gasteiger partial charge in [0.25, 0.3) is 0 Å². The standard InChI is InChI=1S/C13H27.C5H4NO.Sn/c1-4-7-10-13(11-8-5-2)12-9-6-3;7-6-4-2-1-3-5-6;/h4-12H2,1-3H3;2-5H;. The van der Waals surface area contributed by atoms with Gasteiger partial charge in [-0.1, -0.05) is 0 Å². The van der Waals surface area contributed by atoms with Crippen molar-refractivity contribution in [1.29, 1.82) is 0 Å². The molecule has 0 aliphatic heterocycles. The van der Waals surface area contributed by atoms with Gasteiger partial charge in [0.1, 0.15) is 0 Å². The molecule has 0 aromatic carbocycles. The maximum atomic E-state index is 11.2. The molecule has 0 fully saturated rings. The molecule has 0 N–H and O–H groups in total. The van der Waals surface area contributed by atoms with Gasteiger partial charge in [-0.25, -0.2) is 0 Å². The molecule has 2 radical (unpaired) electrons. The van der Waals surface area contributed by atoms with Gasteiger partial charge in [-0.2, -0.15) is 0 Å². The number of hydrogen-bond donors (Lipinski definition) is 0. The van der Waals surface area contributed by atoms with Gasteiger partial charge >= 0.3 is 141 Å². The molecule has 0 spiro atoms. The summed E-state index contributed by atoms with van der Waals surface area (Å²) in [6.45, 7) is 6.91. The topological polar surface area (TPSA) is 26.9 Å². The van der Waals surface area contributed by atoms with E-state index in [0.29, 0.717) is 3.43 Å². The number of rotatable bonds is 11. The van der Waals surface area contributed by atoms with E-state index in [1.807, 2.05) is 0 Å². The first kappa shape index (κ1) is 18.8. The van der Waals surface area contributed by atoms with Crippen LogP contribution in [0.15, 0.2) is 24.5 Å². The van der Waals surface area contributed by atoms with E-state index in [1.165, 1.54) is 61.4 Å². The van der Waals surface area contributed by atoms with Crippen molar-refractivity contribution in [3.8, 4) is 0 Å². The van der Waals surface area contributed by atoms with E-state index >= 15 is 0 Å². The first-order valence-corrected chi connectivity index (χ1v) is 11.5. The van der Waals surface area contributed by atoms with Crippen molar-refractivity contribution in [1.82, 2.24) is 0 Å². The van der Waals surface area contributed by atoms with Gasteiger partial charge in [-0.3, -0.25) is 0 Å². The fourth-order valence-electron chi connectivity index (χ4n) is 2.91. The molecular formula is C18H31NOSn. The predicted molar refractivity (Wildman–Crippen MR) is 92.1 cm³/mol. The Bertz CT molecular complexity index is 356. The molecule has 118 valence electrons. The second-order valence-corrected chi connectivity index (χ2v) is 11.6. The van der Waals surface area contributed by atoms with Crippen LogP contribution in [0.5, 0.6) is 0 Å². The molecule has 1 heterocycles. The van der Waals surface area contributed by atoms with Crippen LogP contribution in [0, 0.1) is 5.21 Å². The molecule has 0 aliphatic carbocycles. The molecule has 3 heteroatoms. The summed E-state index contributed by atoms with van der Waals surface area (Å²) >= 11 is -0.662. The van der Waals surface area contributed by atoms with E-state index < -0.39 is 21.1 Å². The SMILES string of the molecule is CCCC[C](CCCC)(CCCC)[Sn][c]1cc[n+]([O-])cc1. The summed E-state index contributed by atoms with van der Waals surface area (Å²) in [6, 6.07) is 4.16. The number of nitrogens with zero attached hydrogens (tertiary/aromatic N) is 1. The zero-order valence-electron chi connectivity index (χ0n) is 14.0. The molecule has 0 atom stereocenters. The Morgan fingerprint density at radius 2 is 1.33 bits per heavy atom. The minimum absolute atomic E-state index is 0.612. The summed E-state index contributed by atoms with van der Waals surface area (Å²) < 4.78 is 3.02. The van der Waals surface area contributed by atoms with Crippen molar-refractivity contribution in [3.05, 3.63) is 29.7 Å². The van der Waals surface area contributed by atoms with Crippen molar-refractivity contribution in [3.63, 3.8) is 0 Å². The Balaban J connectivity index is 2.85. The van der Waals surface area contributed by atoms with Gasteiger partial charge in [0.15, 0.2) is 0 Å². The van der Waals surface area contributed by atoms with Crippen LogP contribution < -0.4 is 8.31 Å². The Morgan fingerprint density at radius 3 is 1.71 bits per heavy atom. The Hall–Kier alpha value is -0.251.